The van der Waals surface area contributed by atoms with Gasteiger partial charge < -0.3 is 17.0 Å². The van der Waals surface area contributed by atoms with Gasteiger partial charge in [-0.05, 0) is 25.0 Å². The zero-order valence-corrected chi connectivity index (χ0v) is 19.9. The summed E-state index contributed by atoms with van der Waals surface area (Å²) in [6, 6.07) is 11.6. The van der Waals surface area contributed by atoms with Gasteiger partial charge in [-0.3, -0.25) is 9.59 Å². The molecule has 2 aromatic rings. The maximum absolute atomic E-state index is 12.0. The average molecular weight is 564 g/mol. The molecular formula is C20H24Br3N2O2+. The van der Waals surface area contributed by atoms with Gasteiger partial charge in [0.2, 0.25) is 22.3 Å². The van der Waals surface area contributed by atoms with Crippen LogP contribution in [0.2, 0.25) is 0 Å². The molecule has 0 radical (unpaired) electrons. The SMILES string of the molecule is O=C(CCCCCCC(=O)C[n+]1ccccc1Br)C[n+]1ccccc1Br.[Br-]. The number of halogens is 3. The number of unbranched alkanes of at least 4 members (excludes halogenated alkanes) is 3. The van der Waals surface area contributed by atoms with Crippen LogP contribution in [0.1, 0.15) is 38.5 Å². The molecule has 0 aliphatic rings. The second kappa shape index (κ2) is 13.3. The Morgan fingerprint density at radius 3 is 1.48 bits per heavy atom. The van der Waals surface area contributed by atoms with Crippen molar-refractivity contribution in [2.24, 2.45) is 0 Å². The predicted octanol–water partition coefficient (Wildman–Crippen LogP) is 0.970. The van der Waals surface area contributed by atoms with Crippen LogP contribution in [0, 0.1) is 0 Å². The fourth-order valence-corrected chi connectivity index (χ4v) is 3.50. The topological polar surface area (TPSA) is 41.9 Å². The summed E-state index contributed by atoms with van der Waals surface area (Å²) < 4.78 is 5.63. The molecule has 0 spiro atoms. The first-order chi connectivity index (χ1) is 12.6. The van der Waals surface area contributed by atoms with Gasteiger partial charge in [0.25, 0.3) is 0 Å². The minimum absolute atomic E-state index is 0. The molecule has 2 aromatic heterocycles. The lowest BCUT2D eigenvalue weighted by atomic mass is 10.1. The Morgan fingerprint density at radius 2 is 1.11 bits per heavy atom. The second-order valence-corrected chi connectivity index (χ2v) is 7.92. The van der Waals surface area contributed by atoms with Crippen molar-refractivity contribution >= 4 is 43.4 Å². The first kappa shape index (κ1) is 24.1. The first-order valence-electron chi connectivity index (χ1n) is 8.87. The molecule has 2 heterocycles. The third-order valence-electron chi connectivity index (χ3n) is 4.13. The standard InChI is InChI=1S/C20H24Br2N2O2.BrH/c21-19-11-5-7-13-23(19)15-17(25)9-3-1-2-4-10-18(26)16-24-14-8-6-12-20(24)22;/h5-8,11-14H,1-4,9-10,15-16H2;1H/q+2;/p-1. The van der Waals surface area contributed by atoms with Crippen LogP contribution >= 0.6 is 31.9 Å². The van der Waals surface area contributed by atoms with Crippen molar-refractivity contribution in [3.8, 4) is 0 Å². The molecular weight excluding hydrogens is 540 g/mol. The largest absolute Gasteiger partial charge is 1.00 e. The van der Waals surface area contributed by atoms with Crippen molar-refractivity contribution in [3.63, 3.8) is 0 Å². The van der Waals surface area contributed by atoms with Crippen LogP contribution in [0.15, 0.2) is 58.0 Å². The van der Waals surface area contributed by atoms with Crippen molar-refractivity contribution in [2.75, 3.05) is 0 Å². The summed E-state index contributed by atoms with van der Waals surface area (Å²) in [6.07, 6.45) is 8.73. The van der Waals surface area contributed by atoms with Crippen LogP contribution in [0.3, 0.4) is 0 Å². The lowest BCUT2D eigenvalue weighted by Gasteiger charge is -2.02. The molecule has 0 unspecified atom stereocenters. The Hall–Kier alpha value is -0.920. The van der Waals surface area contributed by atoms with Gasteiger partial charge in [-0.25, -0.2) is 0 Å². The van der Waals surface area contributed by atoms with Gasteiger partial charge in [0.15, 0.2) is 24.0 Å². The van der Waals surface area contributed by atoms with Gasteiger partial charge in [0, 0.05) is 69.0 Å². The van der Waals surface area contributed by atoms with Crippen LogP contribution in [-0.4, -0.2) is 11.6 Å². The van der Waals surface area contributed by atoms with Crippen molar-refractivity contribution in [2.45, 2.75) is 51.6 Å². The van der Waals surface area contributed by atoms with E-state index < -0.39 is 0 Å². The predicted molar refractivity (Wildman–Crippen MR) is 106 cm³/mol. The molecule has 7 heteroatoms. The number of carbonyl (C=O) groups is 2. The highest BCUT2D eigenvalue weighted by atomic mass is 79.9. The lowest BCUT2D eigenvalue weighted by molar-refractivity contribution is -0.695. The van der Waals surface area contributed by atoms with Crippen molar-refractivity contribution in [3.05, 3.63) is 58.0 Å². The molecule has 0 N–H and O–H groups in total. The molecule has 2 rings (SSSR count). The maximum Gasteiger partial charge on any atom is 0.248 e. The van der Waals surface area contributed by atoms with E-state index in [4.69, 9.17) is 0 Å². The number of aromatic nitrogens is 2. The highest BCUT2D eigenvalue weighted by molar-refractivity contribution is 9.10. The molecule has 4 nitrogen and oxygen atoms in total. The van der Waals surface area contributed by atoms with Crippen LogP contribution in [-0.2, 0) is 22.7 Å². The molecule has 0 saturated heterocycles. The normalized spacial score (nSPS) is 10.3. The van der Waals surface area contributed by atoms with Gasteiger partial charge in [0.05, 0.1) is 0 Å². The molecule has 0 aliphatic heterocycles. The van der Waals surface area contributed by atoms with Crippen LogP contribution in [0.4, 0.5) is 0 Å². The van der Waals surface area contributed by atoms with Gasteiger partial charge in [-0.1, -0.05) is 12.8 Å². The molecule has 0 saturated carbocycles. The van der Waals surface area contributed by atoms with Crippen molar-refractivity contribution < 1.29 is 35.7 Å². The summed E-state index contributed by atoms with van der Waals surface area (Å²) in [5.41, 5.74) is 0. The average Bonchev–Trinajstić information content (AvgIpc) is 2.62. The number of pyridine rings is 2. The third kappa shape index (κ3) is 9.21. The van der Waals surface area contributed by atoms with E-state index in [-0.39, 0.29) is 28.5 Å². The lowest BCUT2D eigenvalue weighted by Crippen LogP contribution is -3.00. The van der Waals surface area contributed by atoms with E-state index in [1.807, 2.05) is 57.9 Å². The number of hydrogen-bond donors (Lipinski definition) is 0. The van der Waals surface area contributed by atoms with E-state index in [1.165, 1.54) is 0 Å². The maximum atomic E-state index is 12.0. The number of carbonyl (C=O) groups excluding carboxylic acids is 2. The van der Waals surface area contributed by atoms with Gasteiger partial charge in [0.1, 0.15) is 0 Å². The molecule has 146 valence electrons. The van der Waals surface area contributed by atoms with Gasteiger partial charge in [-0.2, -0.15) is 9.13 Å². The highest BCUT2D eigenvalue weighted by Gasteiger charge is 2.13. The number of Topliss-reactive ketones (excluding diaryl/α,β-unsaturated/α-hetero) is 2. The van der Waals surface area contributed by atoms with Gasteiger partial charge >= 0.3 is 0 Å². The van der Waals surface area contributed by atoms with Crippen molar-refractivity contribution in [1.82, 2.24) is 0 Å². The van der Waals surface area contributed by atoms with E-state index in [9.17, 15) is 9.59 Å². The molecule has 0 amide bonds. The molecule has 0 bridgehead atoms. The Kier molecular flexibility index (Phi) is 11.9. The number of rotatable bonds is 11. The number of hydrogen-bond acceptors (Lipinski definition) is 2. The Morgan fingerprint density at radius 1 is 0.704 bits per heavy atom. The minimum Gasteiger partial charge on any atom is -1.00 e. The quantitative estimate of drug-likeness (QED) is 0.232. The summed E-state index contributed by atoms with van der Waals surface area (Å²) in [5.74, 6) is 0.478. The Balaban J connectivity index is 0.00000364. The number of ketones is 2. The van der Waals surface area contributed by atoms with E-state index in [2.05, 4.69) is 31.9 Å². The first-order valence-corrected chi connectivity index (χ1v) is 10.5. The zero-order chi connectivity index (χ0) is 18.8. The monoisotopic (exact) mass is 561 g/mol. The molecule has 0 fully saturated rings. The van der Waals surface area contributed by atoms with Crippen molar-refractivity contribution in [1.29, 1.82) is 0 Å². The summed E-state index contributed by atoms with van der Waals surface area (Å²) in [7, 11) is 0. The Labute approximate surface area is 188 Å². The van der Waals surface area contributed by atoms with E-state index in [0.29, 0.717) is 25.9 Å². The molecule has 0 aliphatic carbocycles. The fraction of sp³-hybridized carbons (Fsp3) is 0.400. The molecule has 27 heavy (non-hydrogen) atoms. The summed E-state index contributed by atoms with van der Waals surface area (Å²) >= 11 is 6.89. The summed E-state index contributed by atoms with van der Waals surface area (Å²) in [5, 5.41) is 0. The third-order valence-corrected chi connectivity index (χ3v) is 5.56. The second-order valence-electron chi connectivity index (χ2n) is 6.29. The summed E-state index contributed by atoms with van der Waals surface area (Å²) in [4.78, 5) is 24.1. The molecule has 0 aromatic carbocycles. The van der Waals surface area contributed by atoms with Crippen LogP contribution in [0.5, 0.6) is 0 Å². The highest BCUT2D eigenvalue weighted by Crippen LogP contribution is 2.08. The zero-order valence-electron chi connectivity index (χ0n) is 15.1. The van der Waals surface area contributed by atoms with E-state index in [1.54, 1.807) is 0 Å². The van der Waals surface area contributed by atoms with Gasteiger partial charge in [-0.15, -0.1) is 0 Å². The number of nitrogens with zero attached hydrogens (tertiary/aromatic N) is 2. The van der Waals surface area contributed by atoms with E-state index in [0.717, 1.165) is 34.9 Å². The van der Waals surface area contributed by atoms with Crippen LogP contribution in [0.25, 0.3) is 0 Å². The minimum atomic E-state index is 0. The smallest absolute Gasteiger partial charge is 0.248 e. The van der Waals surface area contributed by atoms with E-state index >= 15 is 0 Å². The fourth-order valence-electron chi connectivity index (χ4n) is 2.70. The summed E-state index contributed by atoms with van der Waals surface area (Å²) in [6.45, 7) is 0.812. The van der Waals surface area contributed by atoms with Crippen LogP contribution < -0.4 is 26.1 Å². The molecule has 0 atom stereocenters. The Bertz CT molecular complexity index is 690.